The number of aliphatic hydroxyl groups is 1. The van der Waals surface area contributed by atoms with E-state index in [-0.39, 0.29) is 36.0 Å². The van der Waals surface area contributed by atoms with Crippen LogP contribution < -0.4 is 10.6 Å². The van der Waals surface area contributed by atoms with Crippen LogP contribution in [0.3, 0.4) is 0 Å². The Hall–Kier alpha value is -1.65. The monoisotopic (exact) mass is 500 g/mol. The van der Waals surface area contributed by atoms with E-state index in [4.69, 9.17) is 9.15 Å². The first-order chi connectivity index (χ1) is 13.2. The van der Waals surface area contributed by atoms with E-state index in [0.717, 1.165) is 37.3 Å². The van der Waals surface area contributed by atoms with Crippen molar-refractivity contribution in [3.8, 4) is 11.3 Å². The van der Waals surface area contributed by atoms with Gasteiger partial charge >= 0.3 is 0 Å². The third kappa shape index (κ3) is 6.18. The van der Waals surface area contributed by atoms with Crippen LogP contribution in [0.15, 0.2) is 45.9 Å². The summed E-state index contributed by atoms with van der Waals surface area (Å²) in [5.41, 5.74) is 0.964. The van der Waals surface area contributed by atoms with Crippen molar-refractivity contribution in [1.82, 2.24) is 15.6 Å². The van der Waals surface area contributed by atoms with Crippen LogP contribution in [0, 0.1) is 5.41 Å². The first-order valence-electron chi connectivity index (χ1n) is 9.45. The van der Waals surface area contributed by atoms with Gasteiger partial charge in [0.25, 0.3) is 0 Å². The zero-order valence-electron chi connectivity index (χ0n) is 16.2. The van der Waals surface area contributed by atoms with Crippen LogP contribution in [0.4, 0.5) is 0 Å². The predicted octanol–water partition coefficient (Wildman–Crippen LogP) is 2.80. The molecule has 28 heavy (non-hydrogen) atoms. The second-order valence-electron chi connectivity index (χ2n) is 6.81. The molecule has 1 atom stereocenters. The lowest BCUT2D eigenvalue weighted by atomic mass is 9.84. The summed E-state index contributed by atoms with van der Waals surface area (Å²) in [4.78, 5) is 8.90. The van der Waals surface area contributed by atoms with Crippen LogP contribution in [0.2, 0.25) is 0 Å². The zero-order valence-corrected chi connectivity index (χ0v) is 18.5. The maximum atomic E-state index is 9.36. The molecule has 154 valence electrons. The van der Waals surface area contributed by atoms with Gasteiger partial charge in [0, 0.05) is 37.3 Å². The Kier molecular flexibility index (Phi) is 9.20. The predicted molar refractivity (Wildman–Crippen MR) is 120 cm³/mol. The number of ether oxygens (including phenoxy) is 1. The molecule has 1 aromatic heterocycles. The van der Waals surface area contributed by atoms with Crippen LogP contribution >= 0.6 is 24.0 Å². The fourth-order valence-electron chi connectivity index (χ4n) is 3.19. The Bertz CT molecular complexity index is 730. The summed E-state index contributed by atoms with van der Waals surface area (Å²) < 4.78 is 11.4. The normalized spacial score (nSPS) is 19.3. The quantitative estimate of drug-likeness (QED) is 0.294. The Labute approximate surface area is 183 Å². The number of nitrogens with zero attached hydrogens (tertiary/aromatic N) is 2. The molecular weight excluding hydrogens is 471 g/mol. The van der Waals surface area contributed by atoms with Gasteiger partial charge < -0.3 is 24.9 Å². The molecule has 1 aliphatic heterocycles. The molecule has 1 saturated heterocycles. The van der Waals surface area contributed by atoms with Crippen molar-refractivity contribution in [2.24, 2.45) is 10.4 Å². The molecule has 8 heteroatoms. The van der Waals surface area contributed by atoms with Gasteiger partial charge in [-0.1, -0.05) is 30.3 Å². The van der Waals surface area contributed by atoms with Crippen LogP contribution in [-0.4, -0.2) is 49.0 Å². The number of guanidine groups is 1. The average molecular weight is 500 g/mol. The summed E-state index contributed by atoms with van der Waals surface area (Å²) in [5, 5.41) is 16.0. The molecule has 7 nitrogen and oxygen atoms in total. The summed E-state index contributed by atoms with van der Waals surface area (Å²) in [7, 11) is 0. The second kappa shape index (κ2) is 11.4. The van der Waals surface area contributed by atoms with Gasteiger partial charge in [0.05, 0.1) is 12.8 Å². The van der Waals surface area contributed by atoms with Crippen molar-refractivity contribution in [2.45, 2.75) is 26.3 Å². The lowest BCUT2D eigenvalue weighted by Crippen LogP contribution is -2.44. The van der Waals surface area contributed by atoms with Gasteiger partial charge in [-0.15, -0.1) is 24.0 Å². The second-order valence-corrected chi connectivity index (χ2v) is 6.81. The largest absolute Gasteiger partial charge is 0.439 e. The van der Waals surface area contributed by atoms with Gasteiger partial charge in [-0.05, 0) is 19.8 Å². The van der Waals surface area contributed by atoms with E-state index in [2.05, 4.69) is 20.6 Å². The maximum absolute atomic E-state index is 9.36. The first-order valence-corrected chi connectivity index (χ1v) is 9.45. The van der Waals surface area contributed by atoms with Crippen molar-refractivity contribution in [2.75, 3.05) is 32.9 Å². The van der Waals surface area contributed by atoms with Crippen molar-refractivity contribution < 1.29 is 14.3 Å². The van der Waals surface area contributed by atoms with E-state index >= 15 is 0 Å². The van der Waals surface area contributed by atoms with Crippen LogP contribution in [0.25, 0.3) is 11.3 Å². The SMILES string of the molecule is CCNC(=NCc1ncc(-c2ccccc2)o1)NCC1(CCO)CCOC1.I. The number of hydrogen-bond acceptors (Lipinski definition) is 5. The molecule has 1 aromatic carbocycles. The van der Waals surface area contributed by atoms with Crippen LogP contribution in [0.5, 0.6) is 0 Å². The summed E-state index contributed by atoms with van der Waals surface area (Å²) in [6, 6.07) is 9.89. The van der Waals surface area contributed by atoms with E-state index in [9.17, 15) is 5.11 Å². The minimum atomic E-state index is -0.0334. The lowest BCUT2D eigenvalue weighted by Gasteiger charge is -2.27. The van der Waals surface area contributed by atoms with Crippen molar-refractivity contribution in [3.05, 3.63) is 42.4 Å². The van der Waals surface area contributed by atoms with Crippen LogP contribution in [0.1, 0.15) is 25.7 Å². The number of nitrogens with one attached hydrogen (secondary N) is 2. The van der Waals surface area contributed by atoms with Crippen molar-refractivity contribution in [3.63, 3.8) is 0 Å². The van der Waals surface area contributed by atoms with E-state index in [1.54, 1.807) is 6.20 Å². The van der Waals surface area contributed by atoms with Gasteiger partial charge in [0.2, 0.25) is 5.89 Å². The molecule has 1 unspecified atom stereocenters. The van der Waals surface area contributed by atoms with E-state index in [1.165, 1.54) is 0 Å². The first kappa shape index (κ1) is 22.6. The highest BCUT2D eigenvalue weighted by Gasteiger charge is 2.34. The summed E-state index contributed by atoms with van der Waals surface area (Å²) in [5.74, 6) is 2.02. The number of rotatable bonds is 8. The lowest BCUT2D eigenvalue weighted by molar-refractivity contribution is 0.127. The maximum Gasteiger partial charge on any atom is 0.216 e. The molecule has 3 N–H and O–H groups in total. The molecule has 0 saturated carbocycles. The fraction of sp³-hybridized carbons (Fsp3) is 0.500. The molecular formula is C20H29IN4O3. The molecule has 2 heterocycles. The molecule has 1 aliphatic rings. The molecule has 0 aliphatic carbocycles. The van der Waals surface area contributed by atoms with Gasteiger partial charge in [0.15, 0.2) is 11.7 Å². The molecule has 0 spiro atoms. The molecule has 0 radical (unpaired) electrons. The average Bonchev–Trinajstić information content (AvgIpc) is 3.35. The molecule has 0 bridgehead atoms. The number of halogens is 1. The van der Waals surface area contributed by atoms with E-state index < -0.39 is 0 Å². The number of aliphatic hydroxyl groups excluding tert-OH is 1. The third-order valence-corrected chi connectivity index (χ3v) is 4.79. The minimum Gasteiger partial charge on any atom is -0.439 e. The number of aliphatic imine (C=N–C) groups is 1. The van der Waals surface area contributed by atoms with Crippen molar-refractivity contribution in [1.29, 1.82) is 0 Å². The highest BCUT2D eigenvalue weighted by atomic mass is 127. The molecule has 3 rings (SSSR count). The van der Waals surface area contributed by atoms with E-state index in [0.29, 0.717) is 31.5 Å². The van der Waals surface area contributed by atoms with Crippen molar-refractivity contribution >= 4 is 29.9 Å². The number of hydrogen-bond donors (Lipinski definition) is 3. The van der Waals surface area contributed by atoms with Crippen LogP contribution in [-0.2, 0) is 11.3 Å². The topological polar surface area (TPSA) is 91.9 Å². The molecule has 0 amide bonds. The number of oxazole rings is 1. The smallest absolute Gasteiger partial charge is 0.216 e. The Balaban J connectivity index is 0.00000280. The van der Waals surface area contributed by atoms with Gasteiger partial charge in [-0.2, -0.15) is 0 Å². The Morgan fingerprint density at radius 2 is 2.11 bits per heavy atom. The zero-order chi connectivity index (χ0) is 19.0. The highest BCUT2D eigenvalue weighted by molar-refractivity contribution is 14.0. The standard InChI is InChI=1S/C20H28N4O3.HI/c1-2-21-19(24-14-20(8-10-25)9-11-26-15-20)23-13-18-22-12-17(27-18)16-6-4-3-5-7-16;/h3-7,12,25H,2,8-11,13-15H2,1H3,(H2,21,23,24);1H. The number of benzene rings is 1. The Morgan fingerprint density at radius 3 is 2.79 bits per heavy atom. The Morgan fingerprint density at radius 1 is 1.29 bits per heavy atom. The van der Waals surface area contributed by atoms with Gasteiger partial charge in [-0.25, -0.2) is 9.98 Å². The summed E-state index contributed by atoms with van der Waals surface area (Å²) in [6.07, 6.45) is 3.40. The highest BCUT2D eigenvalue weighted by Crippen LogP contribution is 2.31. The summed E-state index contributed by atoms with van der Waals surface area (Å²) >= 11 is 0. The number of aromatic nitrogens is 1. The van der Waals surface area contributed by atoms with Gasteiger partial charge in [0.1, 0.15) is 6.54 Å². The molecule has 1 fully saturated rings. The van der Waals surface area contributed by atoms with Gasteiger partial charge in [-0.3, -0.25) is 0 Å². The fourth-order valence-corrected chi connectivity index (χ4v) is 3.19. The summed E-state index contributed by atoms with van der Waals surface area (Å²) in [6.45, 7) is 5.42. The minimum absolute atomic E-state index is 0. The molecule has 2 aromatic rings. The van der Waals surface area contributed by atoms with E-state index in [1.807, 2.05) is 37.3 Å². The third-order valence-electron chi connectivity index (χ3n) is 4.79.